The van der Waals surface area contributed by atoms with Gasteiger partial charge in [-0.05, 0) is 43.7 Å². The highest BCUT2D eigenvalue weighted by atomic mass is 35.5. The molecule has 1 unspecified atom stereocenters. The minimum atomic E-state index is -0.669. The summed E-state index contributed by atoms with van der Waals surface area (Å²) in [5.41, 5.74) is 9.26. The molecule has 1 amide bonds. The molecule has 11 nitrogen and oxygen atoms in total. The van der Waals surface area contributed by atoms with E-state index in [1.807, 2.05) is 12.1 Å². The van der Waals surface area contributed by atoms with Crippen LogP contribution in [0.2, 0.25) is 5.02 Å². The number of carbonyl (C=O) groups is 1. The van der Waals surface area contributed by atoms with E-state index in [1.165, 1.54) is 12.8 Å². The van der Waals surface area contributed by atoms with Crippen LogP contribution in [0.4, 0.5) is 5.95 Å². The van der Waals surface area contributed by atoms with Crippen molar-refractivity contribution in [2.45, 2.75) is 65.0 Å². The maximum atomic E-state index is 12.8. The molecule has 1 aliphatic carbocycles. The molecule has 2 atom stereocenters. The van der Waals surface area contributed by atoms with E-state index in [9.17, 15) is 9.59 Å². The second kappa shape index (κ2) is 10.4. The molecule has 0 bridgehead atoms. The normalized spacial score (nSPS) is 25.0. The lowest BCUT2D eigenvalue weighted by atomic mass is 9.83. The van der Waals surface area contributed by atoms with E-state index in [0.29, 0.717) is 44.4 Å². The summed E-state index contributed by atoms with van der Waals surface area (Å²) in [5, 5.41) is 4.35. The van der Waals surface area contributed by atoms with Crippen LogP contribution in [0.5, 0.6) is 0 Å². The topological polar surface area (TPSA) is 146 Å². The molecule has 0 spiro atoms. The number of amides is 1. The second-order valence-corrected chi connectivity index (χ2v) is 11.8. The quantitative estimate of drug-likeness (QED) is 0.318. The van der Waals surface area contributed by atoms with Gasteiger partial charge in [-0.3, -0.25) is 23.9 Å². The first-order valence-corrected chi connectivity index (χ1v) is 14.4. The highest BCUT2D eigenvalue weighted by molar-refractivity contribution is 6.30. The first-order valence-electron chi connectivity index (χ1n) is 14.0. The zero-order valence-electron chi connectivity index (χ0n) is 22.8. The molecule has 6 rings (SSSR count). The number of nitrogens with two attached hydrogens (primary N) is 1. The van der Waals surface area contributed by atoms with E-state index in [1.54, 1.807) is 12.4 Å². The van der Waals surface area contributed by atoms with E-state index in [2.05, 4.69) is 33.5 Å². The molecule has 2 aliphatic rings. The smallest absolute Gasteiger partial charge is 0.364 e. The Balaban J connectivity index is 1.64. The summed E-state index contributed by atoms with van der Waals surface area (Å²) in [6.45, 7) is 6.63. The number of H-pyrrole nitrogens is 1. The summed E-state index contributed by atoms with van der Waals surface area (Å²) in [5.74, 6) is 1.25. The standard InChI is InChI=1S/C28H33ClN8O3/c1-3-37(10-4-5-22(37)25(30)38)27-33-20-12-21(26-34-28(39)40-35-26)32-23(18-11-19(29)14-31-13-18)24(20)36(27)15-17-8-6-16(2)7-9-17/h11-14,16-17,22H,3-10,15H2,1-2H3,(H2-,30,34,35,38,39)/p+1/t16-,17-,22-,37?/m0/s1. The SMILES string of the molecule is CC[N+]1(c2nc3cc(-c4noc(=O)[nH]4)nc(-c4cncc(Cl)c4)c3n2C[C@H]2CC[C@H](C)CC2)CCC[C@H]1C(N)=O. The number of rotatable bonds is 7. The fraction of sp³-hybridized carbons (Fsp3) is 0.500. The molecular formula is C28H34ClN8O3+. The summed E-state index contributed by atoms with van der Waals surface area (Å²) in [4.78, 5) is 41.6. The Kier molecular flexibility index (Phi) is 6.95. The number of nitrogens with one attached hydrogen (secondary N) is 1. The largest absolute Gasteiger partial charge is 0.439 e. The third kappa shape index (κ3) is 4.60. The molecule has 5 heterocycles. The number of likely N-dealkylation sites (tertiary alicyclic amines) is 1. The van der Waals surface area contributed by atoms with E-state index in [-0.39, 0.29) is 17.8 Å². The molecule has 4 aromatic rings. The van der Waals surface area contributed by atoms with Gasteiger partial charge in [0.15, 0.2) is 6.04 Å². The second-order valence-electron chi connectivity index (χ2n) is 11.3. The molecule has 40 heavy (non-hydrogen) atoms. The first kappa shape index (κ1) is 26.6. The van der Waals surface area contributed by atoms with Crippen LogP contribution in [0.3, 0.4) is 0 Å². The van der Waals surface area contributed by atoms with E-state index < -0.39 is 5.76 Å². The number of nitrogens with zero attached hydrogens (tertiary/aromatic N) is 6. The summed E-state index contributed by atoms with van der Waals surface area (Å²) < 4.78 is 7.45. The first-order chi connectivity index (χ1) is 19.3. The highest BCUT2D eigenvalue weighted by Gasteiger charge is 2.49. The van der Waals surface area contributed by atoms with Gasteiger partial charge in [0.2, 0.25) is 5.82 Å². The van der Waals surface area contributed by atoms with Gasteiger partial charge in [-0.25, -0.2) is 14.3 Å². The van der Waals surface area contributed by atoms with Crippen molar-refractivity contribution in [2.75, 3.05) is 13.1 Å². The number of pyridine rings is 2. The zero-order chi connectivity index (χ0) is 28.0. The predicted octanol–water partition coefficient (Wildman–Crippen LogP) is 4.29. The van der Waals surface area contributed by atoms with E-state index in [4.69, 9.17) is 31.8 Å². The number of hydrogen-bond acceptors (Lipinski definition) is 7. The van der Waals surface area contributed by atoms with Crippen molar-refractivity contribution in [3.05, 3.63) is 40.1 Å². The maximum absolute atomic E-state index is 12.8. The molecule has 0 radical (unpaired) electrons. The van der Waals surface area contributed by atoms with Gasteiger partial charge in [-0.1, -0.05) is 36.5 Å². The van der Waals surface area contributed by atoms with Gasteiger partial charge in [-0.2, -0.15) is 4.98 Å². The number of imidazole rings is 1. The lowest BCUT2D eigenvalue weighted by molar-refractivity contribution is -0.122. The van der Waals surface area contributed by atoms with Crippen LogP contribution in [-0.2, 0) is 11.3 Å². The third-order valence-corrected chi connectivity index (χ3v) is 9.07. The van der Waals surface area contributed by atoms with Crippen LogP contribution in [0, 0.1) is 11.8 Å². The summed E-state index contributed by atoms with van der Waals surface area (Å²) in [6, 6.07) is 3.27. The van der Waals surface area contributed by atoms with E-state index >= 15 is 0 Å². The van der Waals surface area contributed by atoms with Crippen LogP contribution < -0.4 is 16.0 Å². The number of aromatic amines is 1. The van der Waals surface area contributed by atoms with Crippen molar-refractivity contribution in [1.29, 1.82) is 0 Å². The minimum Gasteiger partial charge on any atom is -0.364 e. The molecular weight excluding hydrogens is 532 g/mol. The molecule has 210 valence electrons. The van der Waals surface area contributed by atoms with Gasteiger partial charge in [0.1, 0.15) is 5.69 Å². The van der Waals surface area contributed by atoms with Crippen molar-refractivity contribution in [3.8, 4) is 22.8 Å². The number of carbonyl (C=O) groups excluding carboxylic acids is 1. The number of hydrogen-bond donors (Lipinski definition) is 2. The van der Waals surface area contributed by atoms with Crippen LogP contribution in [0.15, 0.2) is 33.8 Å². The molecule has 0 aromatic carbocycles. The molecule has 1 saturated heterocycles. The number of aromatic nitrogens is 6. The van der Waals surface area contributed by atoms with Crippen LogP contribution in [0.1, 0.15) is 52.4 Å². The molecule has 3 N–H and O–H groups in total. The molecule has 1 aliphatic heterocycles. The Morgan fingerprint density at radius 3 is 2.67 bits per heavy atom. The van der Waals surface area contributed by atoms with Crippen LogP contribution >= 0.6 is 11.6 Å². The average molecular weight is 566 g/mol. The predicted molar refractivity (Wildman–Crippen MR) is 152 cm³/mol. The van der Waals surface area contributed by atoms with Gasteiger partial charge in [0, 0.05) is 37.3 Å². The number of likely N-dealkylation sites (N-methyl/N-ethyl adjacent to an activating group) is 1. The highest BCUT2D eigenvalue weighted by Crippen LogP contribution is 2.41. The molecule has 2 fully saturated rings. The van der Waals surface area contributed by atoms with Crippen molar-refractivity contribution in [2.24, 2.45) is 17.6 Å². The van der Waals surface area contributed by atoms with Crippen LogP contribution in [-0.4, -0.2) is 54.7 Å². The van der Waals surface area contributed by atoms with Crippen molar-refractivity contribution < 1.29 is 9.32 Å². The summed E-state index contributed by atoms with van der Waals surface area (Å²) in [6.07, 6.45) is 9.55. The average Bonchev–Trinajstić information content (AvgIpc) is 3.67. The Labute approximate surface area is 236 Å². The monoisotopic (exact) mass is 565 g/mol. The Bertz CT molecular complexity index is 1620. The molecule has 12 heteroatoms. The Hall–Kier alpha value is -3.57. The van der Waals surface area contributed by atoms with Gasteiger partial charge in [-0.15, -0.1) is 0 Å². The van der Waals surface area contributed by atoms with Gasteiger partial charge in [0.25, 0.3) is 5.91 Å². The van der Waals surface area contributed by atoms with Crippen molar-refractivity contribution in [1.82, 2.24) is 34.1 Å². The third-order valence-electron chi connectivity index (χ3n) is 8.86. The lowest BCUT2D eigenvalue weighted by Gasteiger charge is -2.36. The van der Waals surface area contributed by atoms with E-state index in [0.717, 1.165) is 56.2 Å². The number of halogens is 1. The molecule has 1 saturated carbocycles. The summed E-state index contributed by atoms with van der Waals surface area (Å²) in [7, 11) is 0. The Morgan fingerprint density at radius 2 is 2.00 bits per heavy atom. The van der Waals surface area contributed by atoms with Gasteiger partial charge in [0.05, 0.1) is 34.8 Å². The maximum Gasteiger partial charge on any atom is 0.439 e. The number of primary amides is 1. The minimum absolute atomic E-state index is 0.205. The fourth-order valence-electron chi connectivity index (χ4n) is 6.75. The molecule has 4 aromatic heterocycles. The lowest BCUT2D eigenvalue weighted by Crippen LogP contribution is -2.59. The fourth-order valence-corrected chi connectivity index (χ4v) is 6.92. The van der Waals surface area contributed by atoms with Gasteiger partial charge >= 0.3 is 11.7 Å². The summed E-state index contributed by atoms with van der Waals surface area (Å²) >= 11 is 6.38. The number of quaternary nitrogens is 1. The Morgan fingerprint density at radius 1 is 1.20 bits per heavy atom. The van der Waals surface area contributed by atoms with Crippen molar-refractivity contribution in [3.63, 3.8) is 0 Å². The zero-order valence-corrected chi connectivity index (χ0v) is 23.5. The van der Waals surface area contributed by atoms with Crippen LogP contribution in [0.25, 0.3) is 33.8 Å². The number of fused-ring (bicyclic) bond motifs is 1. The van der Waals surface area contributed by atoms with Gasteiger partial charge < -0.3 is 5.73 Å². The van der Waals surface area contributed by atoms with Crippen molar-refractivity contribution >= 4 is 34.5 Å².